The van der Waals surface area contributed by atoms with Gasteiger partial charge in [0.05, 0.1) is 23.9 Å². The maximum atomic E-state index is 8.76. The lowest BCUT2D eigenvalue weighted by atomic mass is 10.0. The van der Waals surface area contributed by atoms with Crippen molar-refractivity contribution in [3.63, 3.8) is 0 Å². The van der Waals surface area contributed by atoms with Gasteiger partial charge in [-0.15, -0.1) is 0 Å². The van der Waals surface area contributed by atoms with E-state index in [1.807, 2.05) is 0 Å². The average molecular weight is 246 g/mol. The van der Waals surface area contributed by atoms with Gasteiger partial charge in [0.1, 0.15) is 5.75 Å². The fourth-order valence-electron chi connectivity index (χ4n) is 1.86. The monoisotopic (exact) mass is 246 g/mol. The zero-order valence-corrected chi connectivity index (χ0v) is 11.3. The molecular formula is C15H22N2O. The minimum Gasteiger partial charge on any atom is -0.491 e. The van der Waals surface area contributed by atoms with Crippen LogP contribution in [-0.4, -0.2) is 6.61 Å². The molecule has 0 amide bonds. The third-order valence-corrected chi connectivity index (χ3v) is 3.16. The van der Waals surface area contributed by atoms with Crippen LogP contribution in [0, 0.1) is 17.2 Å². The summed E-state index contributed by atoms with van der Waals surface area (Å²) in [6.45, 7) is 5.09. The second kappa shape index (κ2) is 7.60. The molecule has 0 aliphatic heterocycles. The van der Waals surface area contributed by atoms with Gasteiger partial charge in [-0.25, -0.2) is 0 Å². The number of nitrogens with two attached hydrogens (primary N) is 1. The van der Waals surface area contributed by atoms with Crippen LogP contribution in [0.4, 0.5) is 5.69 Å². The zero-order valence-electron chi connectivity index (χ0n) is 11.3. The minimum atomic E-state index is 0.541. The molecule has 0 spiro atoms. The van der Waals surface area contributed by atoms with Crippen LogP contribution >= 0.6 is 0 Å². The van der Waals surface area contributed by atoms with Crippen molar-refractivity contribution in [2.24, 2.45) is 5.92 Å². The number of ether oxygens (including phenoxy) is 1. The van der Waals surface area contributed by atoms with Crippen molar-refractivity contribution in [1.82, 2.24) is 0 Å². The van der Waals surface area contributed by atoms with Crippen LogP contribution in [-0.2, 0) is 0 Å². The Bertz CT molecular complexity index is 409. The lowest BCUT2D eigenvalue weighted by molar-refractivity contribution is 0.234. The van der Waals surface area contributed by atoms with Gasteiger partial charge in [0.15, 0.2) is 0 Å². The largest absolute Gasteiger partial charge is 0.491 e. The fraction of sp³-hybridized carbons (Fsp3) is 0.533. The predicted octanol–water partition coefficient (Wildman–Crippen LogP) is 3.74. The summed E-state index contributed by atoms with van der Waals surface area (Å²) in [7, 11) is 0. The van der Waals surface area contributed by atoms with Gasteiger partial charge in [-0.2, -0.15) is 5.26 Å². The Labute approximate surface area is 110 Å². The first-order chi connectivity index (χ1) is 8.71. The smallest absolute Gasteiger partial charge is 0.142 e. The van der Waals surface area contributed by atoms with E-state index in [1.165, 1.54) is 19.3 Å². The zero-order chi connectivity index (χ0) is 13.4. The summed E-state index contributed by atoms with van der Waals surface area (Å²) in [4.78, 5) is 0. The summed E-state index contributed by atoms with van der Waals surface area (Å²) < 4.78 is 5.75. The van der Waals surface area contributed by atoms with Crippen LogP contribution in [0.2, 0.25) is 0 Å². The van der Waals surface area contributed by atoms with Crippen molar-refractivity contribution in [2.45, 2.75) is 39.5 Å². The number of nitrogen functional groups attached to an aromatic ring is 1. The minimum absolute atomic E-state index is 0.541. The molecule has 0 aliphatic rings. The highest BCUT2D eigenvalue weighted by molar-refractivity contribution is 5.56. The number of nitrogens with zero attached hydrogens (tertiary/aromatic N) is 1. The van der Waals surface area contributed by atoms with Crippen molar-refractivity contribution < 1.29 is 4.74 Å². The van der Waals surface area contributed by atoms with Gasteiger partial charge in [-0.3, -0.25) is 0 Å². The Morgan fingerprint density at radius 1 is 1.39 bits per heavy atom. The van der Waals surface area contributed by atoms with Gasteiger partial charge in [0.25, 0.3) is 0 Å². The van der Waals surface area contributed by atoms with Crippen LogP contribution in [0.15, 0.2) is 18.2 Å². The number of hydrogen-bond acceptors (Lipinski definition) is 3. The average Bonchev–Trinajstić information content (AvgIpc) is 2.40. The van der Waals surface area contributed by atoms with Gasteiger partial charge >= 0.3 is 0 Å². The molecule has 2 N–H and O–H groups in total. The molecule has 0 saturated carbocycles. The Morgan fingerprint density at radius 2 is 2.17 bits per heavy atom. The molecule has 1 aromatic carbocycles. The highest BCUT2D eigenvalue weighted by Crippen LogP contribution is 2.24. The lowest BCUT2D eigenvalue weighted by Gasteiger charge is -2.16. The molecule has 3 nitrogen and oxygen atoms in total. The molecule has 0 aliphatic carbocycles. The molecule has 0 aromatic heterocycles. The second-order valence-corrected chi connectivity index (χ2v) is 4.59. The molecule has 3 heteroatoms. The molecule has 0 bridgehead atoms. The normalized spacial score (nSPS) is 11.8. The Hall–Kier alpha value is -1.69. The van der Waals surface area contributed by atoms with Crippen LogP contribution in [0.3, 0.4) is 0 Å². The van der Waals surface area contributed by atoms with Crippen molar-refractivity contribution >= 4 is 5.69 Å². The van der Waals surface area contributed by atoms with E-state index in [4.69, 9.17) is 15.7 Å². The van der Waals surface area contributed by atoms with E-state index in [2.05, 4.69) is 19.9 Å². The van der Waals surface area contributed by atoms with E-state index in [0.717, 1.165) is 6.42 Å². The van der Waals surface area contributed by atoms with E-state index < -0.39 is 0 Å². The molecule has 0 heterocycles. The number of rotatable bonds is 7. The molecule has 1 atom stereocenters. The lowest BCUT2D eigenvalue weighted by Crippen LogP contribution is -2.12. The van der Waals surface area contributed by atoms with Gasteiger partial charge in [-0.1, -0.05) is 33.1 Å². The topological polar surface area (TPSA) is 59.0 Å². The van der Waals surface area contributed by atoms with Gasteiger partial charge in [0, 0.05) is 0 Å². The molecular weight excluding hydrogens is 224 g/mol. The van der Waals surface area contributed by atoms with Gasteiger partial charge in [-0.05, 0) is 30.5 Å². The highest BCUT2D eigenvalue weighted by atomic mass is 16.5. The molecule has 1 aromatic rings. The summed E-state index contributed by atoms with van der Waals surface area (Å²) in [5, 5.41) is 8.76. The Morgan fingerprint density at radius 3 is 2.72 bits per heavy atom. The van der Waals surface area contributed by atoms with Crippen LogP contribution in [0.25, 0.3) is 0 Å². The number of unbranched alkanes of at least 4 members (excludes halogenated alkanes) is 1. The maximum Gasteiger partial charge on any atom is 0.142 e. The van der Waals surface area contributed by atoms with Crippen LogP contribution in [0.5, 0.6) is 5.75 Å². The number of anilines is 1. The number of benzene rings is 1. The first kappa shape index (κ1) is 14.4. The van der Waals surface area contributed by atoms with Crippen LogP contribution in [0.1, 0.15) is 45.1 Å². The third kappa shape index (κ3) is 4.29. The molecule has 1 rings (SSSR count). The third-order valence-electron chi connectivity index (χ3n) is 3.16. The second-order valence-electron chi connectivity index (χ2n) is 4.59. The van der Waals surface area contributed by atoms with Crippen molar-refractivity contribution in [3.05, 3.63) is 23.8 Å². The fourth-order valence-corrected chi connectivity index (χ4v) is 1.86. The maximum absolute atomic E-state index is 8.76. The Kier molecular flexibility index (Phi) is 6.07. The molecule has 18 heavy (non-hydrogen) atoms. The van der Waals surface area contributed by atoms with Crippen LogP contribution < -0.4 is 10.5 Å². The van der Waals surface area contributed by atoms with Gasteiger partial charge in [0.2, 0.25) is 0 Å². The van der Waals surface area contributed by atoms with E-state index in [1.54, 1.807) is 18.2 Å². The summed E-state index contributed by atoms with van der Waals surface area (Å²) in [5.74, 6) is 1.27. The van der Waals surface area contributed by atoms with E-state index >= 15 is 0 Å². The molecule has 0 saturated heterocycles. The van der Waals surface area contributed by atoms with Crippen molar-refractivity contribution in [2.75, 3.05) is 12.3 Å². The van der Waals surface area contributed by atoms with Crippen molar-refractivity contribution in [3.8, 4) is 11.8 Å². The summed E-state index contributed by atoms with van der Waals surface area (Å²) in [6, 6.07) is 7.23. The quantitative estimate of drug-likeness (QED) is 0.746. The number of hydrogen-bond donors (Lipinski definition) is 1. The van der Waals surface area contributed by atoms with E-state index in [9.17, 15) is 0 Å². The summed E-state index contributed by atoms with van der Waals surface area (Å²) in [5.41, 5.74) is 6.96. The molecule has 0 fully saturated rings. The number of nitriles is 1. The first-order valence-corrected chi connectivity index (χ1v) is 6.63. The SMILES string of the molecule is CCCCC(CC)COc1ccc(C#N)cc1N. The summed E-state index contributed by atoms with van der Waals surface area (Å²) >= 11 is 0. The Balaban J connectivity index is 2.54. The van der Waals surface area contributed by atoms with E-state index in [-0.39, 0.29) is 0 Å². The van der Waals surface area contributed by atoms with Gasteiger partial charge < -0.3 is 10.5 Å². The molecule has 1 unspecified atom stereocenters. The first-order valence-electron chi connectivity index (χ1n) is 6.63. The standard InChI is InChI=1S/C15H22N2O/c1-3-5-6-12(4-2)11-18-15-8-7-13(10-16)9-14(15)17/h7-9,12H,3-6,11,17H2,1-2H3. The van der Waals surface area contributed by atoms with E-state index in [0.29, 0.717) is 29.5 Å². The highest BCUT2D eigenvalue weighted by Gasteiger charge is 2.08. The van der Waals surface area contributed by atoms with Crippen molar-refractivity contribution in [1.29, 1.82) is 5.26 Å². The predicted molar refractivity (Wildman–Crippen MR) is 74.4 cm³/mol. The summed E-state index contributed by atoms with van der Waals surface area (Å²) in [6.07, 6.45) is 4.78. The molecule has 0 radical (unpaired) electrons. The molecule has 98 valence electrons.